The average molecular weight is 254 g/mol. The maximum absolute atomic E-state index is 10.8. The number of nitrogens with zero attached hydrogens (tertiary/aromatic N) is 4. The van der Waals surface area contributed by atoms with Gasteiger partial charge in [0.25, 0.3) is 5.69 Å². The third-order valence-electron chi connectivity index (χ3n) is 2.86. The van der Waals surface area contributed by atoms with Crippen LogP contribution in [-0.4, -0.2) is 19.5 Å². The van der Waals surface area contributed by atoms with Crippen LogP contribution in [0.1, 0.15) is 5.69 Å². The van der Waals surface area contributed by atoms with Gasteiger partial charge in [0.2, 0.25) is 0 Å². The number of rotatable bonds is 2. The maximum atomic E-state index is 10.8. The molecule has 0 radical (unpaired) electrons. The van der Waals surface area contributed by atoms with Crippen LogP contribution >= 0.6 is 0 Å². The van der Waals surface area contributed by atoms with Crippen molar-refractivity contribution in [3.63, 3.8) is 0 Å². The second kappa shape index (κ2) is 4.16. The van der Waals surface area contributed by atoms with Gasteiger partial charge in [0.15, 0.2) is 11.5 Å². The Morgan fingerprint density at radius 2 is 2.00 bits per heavy atom. The van der Waals surface area contributed by atoms with Crippen molar-refractivity contribution in [1.82, 2.24) is 14.6 Å². The monoisotopic (exact) mass is 254 g/mol. The molecule has 0 aliphatic carbocycles. The van der Waals surface area contributed by atoms with Crippen LogP contribution in [0.25, 0.3) is 17.0 Å². The molecule has 0 fully saturated rings. The molecule has 0 amide bonds. The Kier molecular flexibility index (Phi) is 2.49. The maximum Gasteiger partial charge on any atom is 0.270 e. The Labute approximate surface area is 108 Å². The molecule has 1 aromatic carbocycles. The fourth-order valence-electron chi connectivity index (χ4n) is 1.92. The van der Waals surface area contributed by atoms with Gasteiger partial charge in [0.1, 0.15) is 0 Å². The van der Waals surface area contributed by atoms with Crippen molar-refractivity contribution in [3.8, 4) is 11.4 Å². The summed E-state index contributed by atoms with van der Waals surface area (Å²) in [5.41, 5.74) is 2.36. The molecule has 2 aromatic heterocycles. The van der Waals surface area contributed by atoms with Gasteiger partial charge in [0.05, 0.1) is 4.92 Å². The number of fused-ring (bicyclic) bond motifs is 1. The molecule has 0 saturated carbocycles. The van der Waals surface area contributed by atoms with Gasteiger partial charge in [-0.1, -0.05) is 18.2 Å². The number of nitro groups is 1. The summed E-state index contributed by atoms with van der Waals surface area (Å²) in [6, 6.07) is 12.0. The van der Waals surface area contributed by atoms with E-state index in [1.165, 1.54) is 12.1 Å². The summed E-state index contributed by atoms with van der Waals surface area (Å²) in [4.78, 5) is 14.7. The predicted molar refractivity (Wildman–Crippen MR) is 69.8 cm³/mol. The van der Waals surface area contributed by atoms with Crippen LogP contribution in [0.5, 0.6) is 0 Å². The smallest absolute Gasteiger partial charge is 0.258 e. The largest absolute Gasteiger partial charge is 0.270 e. The molecule has 19 heavy (non-hydrogen) atoms. The fraction of sp³-hybridized carbons (Fsp3) is 0.0769. The first-order valence-electron chi connectivity index (χ1n) is 5.72. The summed E-state index contributed by atoms with van der Waals surface area (Å²) in [5, 5.41) is 15.1. The van der Waals surface area contributed by atoms with Crippen molar-refractivity contribution >= 4 is 11.3 Å². The Morgan fingerprint density at radius 3 is 2.74 bits per heavy atom. The quantitative estimate of drug-likeness (QED) is 0.520. The summed E-state index contributed by atoms with van der Waals surface area (Å²) >= 11 is 0. The minimum absolute atomic E-state index is 0.0353. The van der Waals surface area contributed by atoms with Gasteiger partial charge >= 0.3 is 0 Å². The highest BCUT2D eigenvalue weighted by atomic mass is 16.6. The average Bonchev–Trinajstić information content (AvgIpc) is 2.84. The molecular weight excluding hydrogens is 244 g/mol. The highest BCUT2D eigenvalue weighted by Gasteiger charge is 2.11. The Balaban J connectivity index is 2.16. The zero-order chi connectivity index (χ0) is 13.4. The zero-order valence-corrected chi connectivity index (χ0v) is 10.1. The number of non-ortho nitro benzene ring substituents is 1. The number of aryl methyl sites for hydroxylation is 1. The Morgan fingerprint density at radius 1 is 1.21 bits per heavy atom. The van der Waals surface area contributed by atoms with Gasteiger partial charge in [-0.3, -0.25) is 10.1 Å². The van der Waals surface area contributed by atoms with Crippen LogP contribution in [0.15, 0.2) is 42.5 Å². The third kappa shape index (κ3) is 1.93. The van der Waals surface area contributed by atoms with Gasteiger partial charge < -0.3 is 0 Å². The first-order chi connectivity index (χ1) is 9.15. The zero-order valence-electron chi connectivity index (χ0n) is 10.1. The second-order valence-electron chi connectivity index (χ2n) is 4.18. The fourth-order valence-corrected chi connectivity index (χ4v) is 1.92. The molecule has 3 rings (SSSR count). The van der Waals surface area contributed by atoms with Gasteiger partial charge in [-0.15, -0.1) is 5.10 Å². The van der Waals surface area contributed by atoms with Crippen molar-refractivity contribution in [2.45, 2.75) is 6.92 Å². The van der Waals surface area contributed by atoms with Crippen molar-refractivity contribution < 1.29 is 4.92 Å². The minimum atomic E-state index is -0.426. The molecule has 6 heteroatoms. The lowest BCUT2D eigenvalue weighted by atomic mass is 10.2. The van der Waals surface area contributed by atoms with Crippen LogP contribution in [0.2, 0.25) is 0 Å². The summed E-state index contributed by atoms with van der Waals surface area (Å²) in [6.45, 7) is 1.93. The molecule has 0 unspecified atom stereocenters. The Hall–Kier alpha value is -2.76. The first-order valence-corrected chi connectivity index (χ1v) is 5.72. The molecule has 6 nitrogen and oxygen atoms in total. The molecule has 2 heterocycles. The van der Waals surface area contributed by atoms with E-state index in [9.17, 15) is 10.1 Å². The van der Waals surface area contributed by atoms with Crippen LogP contribution in [0.3, 0.4) is 0 Å². The van der Waals surface area contributed by atoms with Crippen molar-refractivity contribution in [3.05, 3.63) is 58.3 Å². The second-order valence-corrected chi connectivity index (χ2v) is 4.18. The number of benzene rings is 1. The summed E-state index contributed by atoms with van der Waals surface area (Å²) in [7, 11) is 0. The van der Waals surface area contributed by atoms with E-state index in [2.05, 4.69) is 10.1 Å². The van der Waals surface area contributed by atoms with Crippen molar-refractivity contribution in [2.75, 3.05) is 0 Å². The number of pyridine rings is 1. The van der Waals surface area contributed by atoms with Gasteiger partial charge in [-0.25, -0.2) is 9.50 Å². The summed E-state index contributed by atoms with van der Waals surface area (Å²) in [6.07, 6.45) is 0. The van der Waals surface area contributed by atoms with E-state index in [4.69, 9.17) is 0 Å². The van der Waals surface area contributed by atoms with E-state index in [1.807, 2.05) is 25.1 Å². The predicted octanol–water partition coefficient (Wildman–Crippen LogP) is 2.61. The lowest BCUT2D eigenvalue weighted by Crippen LogP contribution is -1.92. The lowest BCUT2D eigenvalue weighted by Gasteiger charge is -1.95. The molecule has 94 valence electrons. The molecule has 0 spiro atoms. The van der Waals surface area contributed by atoms with Crippen molar-refractivity contribution in [1.29, 1.82) is 0 Å². The van der Waals surface area contributed by atoms with Gasteiger partial charge in [0, 0.05) is 23.4 Å². The van der Waals surface area contributed by atoms with Crippen molar-refractivity contribution in [2.24, 2.45) is 0 Å². The SMILES string of the molecule is Cc1cccc2nc(-c3cccc([N+](=O)[O-])c3)nn12. The minimum Gasteiger partial charge on any atom is -0.258 e. The number of aromatic nitrogens is 3. The first kappa shape index (κ1) is 11.3. The van der Waals surface area contributed by atoms with E-state index in [-0.39, 0.29) is 5.69 Å². The topological polar surface area (TPSA) is 73.3 Å². The molecule has 0 saturated heterocycles. The van der Waals surface area contributed by atoms with Gasteiger partial charge in [-0.05, 0) is 19.1 Å². The lowest BCUT2D eigenvalue weighted by molar-refractivity contribution is -0.384. The van der Waals surface area contributed by atoms with E-state index in [0.29, 0.717) is 11.4 Å². The molecular formula is C13H10N4O2. The standard InChI is InChI=1S/C13H10N4O2/c1-9-4-2-7-12-14-13(15-16(9)12)10-5-3-6-11(8-10)17(18)19/h2-8H,1H3. The van der Waals surface area contributed by atoms with E-state index >= 15 is 0 Å². The van der Waals surface area contributed by atoms with Crippen LogP contribution in [0, 0.1) is 17.0 Å². The van der Waals surface area contributed by atoms with E-state index in [0.717, 1.165) is 11.3 Å². The molecule has 0 atom stereocenters. The van der Waals surface area contributed by atoms with E-state index < -0.39 is 4.92 Å². The highest BCUT2D eigenvalue weighted by Crippen LogP contribution is 2.21. The Bertz CT molecular complexity index is 779. The number of hydrogen-bond donors (Lipinski definition) is 0. The summed E-state index contributed by atoms with van der Waals surface area (Å²) in [5.74, 6) is 0.484. The van der Waals surface area contributed by atoms with Crippen LogP contribution in [-0.2, 0) is 0 Å². The van der Waals surface area contributed by atoms with Crippen LogP contribution in [0.4, 0.5) is 5.69 Å². The van der Waals surface area contributed by atoms with E-state index in [1.54, 1.807) is 16.6 Å². The molecule has 0 aliphatic heterocycles. The number of nitro benzene ring substituents is 1. The molecule has 0 aliphatic rings. The highest BCUT2D eigenvalue weighted by molar-refractivity contribution is 5.61. The molecule has 0 bridgehead atoms. The summed E-state index contributed by atoms with van der Waals surface area (Å²) < 4.78 is 1.72. The normalized spacial score (nSPS) is 10.8. The molecule has 0 N–H and O–H groups in total. The van der Waals surface area contributed by atoms with Gasteiger partial charge in [-0.2, -0.15) is 0 Å². The number of hydrogen-bond acceptors (Lipinski definition) is 4. The van der Waals surface area contributed by atoms with Crippen LogP contribution < -0.4 is 0 Å². The molecule has 3 aromatic rings. The third-order valence-corrected chi connectivity index (χ3v) is 2.86.